The van der Waals surface area contributed by atoms with E-state index in [9.17, 15) is 9.59 Å². The number of nitrogens with two attached hydrogens (primary N) is 1. The Labute approximate surface area is 204 Å². The number of fused-ring (bicyclic) bond motifs is 1. The Bertz CT molecular complexity index is 1040. The van der Waals surface area contributed by atoms with Crippen LogP contribution in [0.3, 0.4) is 0 Å². The minimum absolute atomic E-state index is 0.112. The molecule has 0 saturated heterocycles. The Morgan fingerprint density at radius 3 is 2.67 bits per heavy atom. The van der Waals surface area contributed by atoms with Gasteiger partial charge < -0.3 is 25.2 Å². The molecule has 0 aliphatic carbocycles. The molecule has 0 aliphatic heterocycles. The highest BCUT2D eigenvalue weighted by atomic mass is 33.1. The van der Waals surface area contributed by atoms with Crippen LogP contribution in [0.15, 0.2) is 60.0 Å². The third-order valence-electron chi connectivity index (χ3n) is 4.80. The Balaban J connectivity index is 1.52. The highest BCUT2D eigenvalue weighted by molar-refractivity contribution is 8.76. The monoisotopic (exact) mass is 506 g/mol. The largest absolute Gasteiger partial charge is 0.484 e. The molecule has 10 heteroatoms. The molecule has 2 aromatic carbocycles. The van der Waals surface area contributed by atoms with Crippen molar-refractivity contribution in [2.45, 2.75) is 18.6 Å². The normalized spacial score (nSPS) is 12.8. The van der Waals surface area contributed by atoms with Crippen LogP contribution < -0.4 is 10.5 Å². The van der Waals surface area contributed by atoms with Gasteiger partial charge in [-0.3, -0.25) is 4.79 Å². The van der Waals surface area contributed by atoms with E-state index in [1.165, 1.54) is 26.5 Å². The zero-order chi connectivity index (χ0) is 23.6. The summed E-state index contributed by atoms with van der Waals surface area (Å²) >= 11 is 1.62. The van der Waals surface area contributed by atoms with Crippen molar-refractivity contribution in [2.75, 3.05) is 25.3 Å². The zero-order valence-electron chi connectivity index (χ0n) is 18.1. The van der Waals surface area contributed by atoms with Gasteiger partial charge in [-0.15, -0.1) is 11.3 Å². The maximum atomic E-state index is 12.3. The molecule has 0 fully saturated rings. The summed E-state index contributed by atoms with van der Waals surface area (Å²) in [6.07, 6.45) is -0.0424. The molecule has 0 aliphatic rings. The van der Waals surface area contributed by atoms with Crippen LogP contribution in [-0.2, 0) is 9.53 Å². The average Bonchev–Trinajstić information content (AvgIpc) is 3.36. The third-order valence-corrected chi connectivity index (χ3v) is 7.83. The molecule has 3 rings (SSSR count). The number of aliphatic carboxylic acids is 1. The standard InChI is InChI=1S/C23H26N2O5S3/c1-25(23(28)29-15-33-32-14-18(24)22(26)27)12-11-20(21-10-5-13-31-21)30-19-9-4-7-16-6-2-3-8-17(16)19/h2-10,13,18,20H,11-12,14-15,24H2,1H3,(H,26,27)/t18-,20-/m0/s1. The SMILES string of the molecule is CN(CC[C@H](Oc1cccc2ccccc12)c1cccs1)C(=O)OCSSC[C@H](N)C(=O)O. The summed E-state index contributed by atoms with van der Waals surface area (Å²) in [5.74, 6) is 0.109. The van der Waals surface area contributed by atoms with E-state index in [2.05, 4.69) is 12.1 Å². The number of carbonyl (C=O) groups excluding carboxylic acids is 1. The minimum Gasteiger partial charge on any atom is -0.484 e. The fourth-order valence-electron chi connectivity index (χ4n) is 3.00. The number of carbonyl (C=O) groups is 2. The zero-order valence-corrected chi connectivity index (χ0v) is 20.5. The quantitative estimate of drug-likeness (QED) is 0.196. The Morgan fingerprint density at radius 2 is 1.91 bits per heavy atom. The van der Waals surface area contributed by atoms with Crippen molar-refractivity contribution in [3.05, 3.63) is 64.9 Å². The molecular weight excluding hydrogens is 480 g/mol. The summed E-state index contributed by atoms with van der Waals surface area (Å²) in [5.41, 5.74) is 5.44. The van der Waals surface area contributed by atoms with E-state index in [4.69, 9.17) is 20.3 Å². The van der Waals surface area contributed by atoms with Crippen molar-refractivity contribution >= 4 is 55.8 Å². The molecule has 7 nitrogen and oxygen atoms in total. The van der Waals surface area contributed by atoms with Gasteiger partial charge in [0.1, 0.15) is 23.8 Å². The number of hydrogen-bond donors (Lipinski definition) is 2. The number of rotatable bonds is 12. The van der Waals surface area contributed by atoms with Crippen molar-refractivity contribution in [3.63, 3.8) is 0 Å². The van der Waals surface area contributed by atoms with Crippen LogP contribution in [0.2, 0.25) is 0 Å². The van der Waals surface area contributed by atoms with Gasteiger partial charge in [0.05, 0.1) is 0 Å². The summed E-state index contributed by atoms with van der Waals surface area (Å²) in [6, 6.07) is 17.2. The molecule has 1 aromatic heterocycles. The summed E-state index contributed by atoms with van der Waals surface area (Å²) in [6.45, 7) is 0.452. The van der Waals surface area contributed by atoms with Crippen LogP contribution >= 0.6 is 32.9 Å². The van der Waals surface area contributed by atoms with E-state index < -0.39 is 18.1 Å². The van der Waals surface area contributed by atoms with E-state index in [-0.39, 0.29) is 17.8 Å². The molecule has 0 spiro atoms. The van der Waals surface area contributed by atoms with Gasteiger partial charge in [-0.2, -0.15) is 0 Å². The smallest absolute Gasteiger partial charge is 0.410 e. The van der Waals surface area contributed by atoms with Crippen molar-refractivity contribution < 1.29 is 24.2 Å². The molecule has 0 saturated carbocycles. The first-order valence-electron chi connectivity index (χ1n) is 10.2. The molecule has 1 amide bonds. The van der Waals surface area contributed by atoms with Gasteiger partial charge in [0.25, 0.3) is 0 Å². The van der Waals surface area contributed by atoms with Crippen molar-refractivity contribution in [2.24, 2.45) is 5.73 Å². The molecule has 176 valence electrons. The molecule has 0 bridgehead atoms. The number of benzene rings is 2. The van der Waals surface area contributed by atoms with Gasteiger partial charge in [0.15, 0.2) is 0 Å². The van der Waals surface area contributed by atoms with Crippen LogP contribution in [0, 0.1) is 0 Å². The number of hydrogen-bond acceptors (Lipinski definition) is 8. The predicted molar refractivity (Wildman–Crippen MR) is 136 cm³/mol. The summed E-state index contributed by atoms with van der Waals surface area (Å²) < 4.78 is 11.7. The van der Waals surface area contributed by atoms with Crippen molar-refractivity contribution in [1.82, 2.24) is 4.90 Å². The summed E-state index contributed by atoms with van der Waals surface area (Å²) in [5, 5.41) is 12.9. The average molecular weight is 507 g/mol. The molecular formula is C23H26N2O5S3. The number of nitrogens with zero attached hydrogens (tertiary/aromatic N) is 1. The highest BCUT2D eigenvalue weighted by Crippen LogP contribution is 2.33. The number of ether oxygens (including phenoxy) is 2. The first-order valence-corrected chi connectivity index (χ1v) is 13.6. The fourth-order valence-corrected chi connectivity index (χ4v) is 5.47. The lowest BCUT2D eigenvalue weighted by molar-refractivity contribution is -0.137. The highest BCUT2D eigenvalue weighted by Gasteiger charge is 2.19. The number of thiophene rings is 1. The Morgan fingerprint density at radius 1 is 1.12 bits per heavy atom. The van der Waals surface area contributed by atoms with Crippen LogP contribution in [-0.4, -0.2) is 53.4 Å². The maximum Gasteiger partial charge on any atom is 0.410 e. The second-order valence-electron chi connectivity index (χ2n) is 7.18. The lowest BCUT2D eigenvalue weighted by Gasteiger charge is -2.23. The third kappa shape index (κ3) is 7.56. The lowest BCUT2D eigenvalue weighted by Crippen LogP contribution is -2.32. The second kappa shape index (κ2) is 12.7. The van der Waals surface area contributed by atoms with E-state index >= 15 is 0 Å². The molecule has 0 unspecified atom stereocenters. The van der Waals surface area contributed by atoms with Crippen molar-refractivity contribution in [1.29, 1.82) is 0 Å². The van der Waals surface area contributed by atoms with Crippen molar-refractivity contribution in [3.8, 4) is 5.75 Å². The van der Waals surface area contributed by atoms with Gasteiger partial charge in [-0.1, -0.05) is 64.1 Å². The Kier molecular flexibility index (Phi) is 9.74. The summed E-state index contributed by atoms with van der Waals surface area (Å²) in [7, 11) is 4.19. The molecule has 1 heterocycles. The Hall–Kier alpha value is -2.40. The van der Waals surface area contributed by atoms with Crippen LogP contribution in [0.5, 0.6) is 5.75 Å². The number of amides is 1. The maximum absolute atomic E-state index is 12.3. The lowest BCUT2D eigenvalue weighted by atomic mass is 10.1. The van der Waals surface area contributed by atoms with Gasteiger partial charge in [-0.25, -0.2) is 4.79 Å². The predicted octanol–water partition coefficient (Wildman–Crippen LogP) is 5.23. The van der Waals surface area contributed by atoms with Crippen LogP contribution in [0.4, 0.5) is 4.79 Å². The molecule has 33 heavy (non-hydrogen) atoms. The van der Waals surface area contributed by atoms with Gasteiger partial charge in [-0.05, 0) is 22.9 Å². The van der Waals surface area contributed by atoms with E-state index in [1.54, 1.807) is 18.4 Å². The molecule has 3 aromatic rings. The number of carboxylic acids is 1. The van der Waals surface area contributed by atoms with E-state index in [0.717, 1.165) is 21.4 Å². The second-order valence-corrected chi connectivity index (χ2v) is 10.6. The van der Waals surface area contributed by atoms with E-state index in [0.29, 0.717) is 13.0 Å². The topological polar surface area (TPSA) is 102 Å². The fraction of sp³-hybridized carbons (Fsp3) is 0.304. The van der Waals surface area contributed by atoms with Gasteiger partial charge >= 0.3 is 12.1 Å². The minimum atomic E-state index is -1.05. The van der Waals surface area contributed by atoms with Gasteiger partial charge in [0.2, 0.25) is 0 Å². The first kappa shape index (κ1) is 25.2. The molecule has 3 N–H and O–H groups in total. The van der Waals surface area contributed by atoms with Gasteiger partial charge in [0, 0.05) is 36.0 Å². The molecule has 0 radical (unpaired) electrons. The molecule has 2 atom stereocenters. The first-order chi connectivity index (χ1) is 16.0. The van der Waals surface area contributed by atoms with Crippen LogP contribution in [0.25, 0.3) is 10.8 Å². The summed E-state index contributed by atoms with van der Waals surface area (Å²) in [4.78, 5) is 25.6. The van der Waals surface area contributed by atoms with E-state index in [1.807, 2.05) is 47.8 Å². The number of carboxylic acid groups (broad SMARTS) is 1. The van der Waals surface area contributed by atoms with Crippen LogP contribution in [0.1, 0.15) is 17.4 Å².